The fourth-order valence-corrected chi connectivity index (χ4v) is 2.76. The number of non-ortho nitro benzene ring substituents is 1. The van der Waals surface area contributed by atoms with E-state index in [0.29, 0.717) is 27.1 Å². The number of hydrogen-bond acceptors (Lipinski definition) is 5. The van der Waals surface area contributed by atoms with E-state index in [1.54, 1.807) is 42.5 Å². The second kappa shape index (κ2) is 7.75. The van der Waals surface area contributed by atoms with Gasteiger partial charge in [-0.2, -0.15) is 5.10 Å². The van der Waals surface area contributed by atoms with Crippen molar-refractivity contribution in [2.24, 2.45) is 5.10 Å². The third kappa shape index (κ3) is 4.04. The van der Waals surface area contributed by atoms with Crippen molar-refractivity contribution in [2.45, 2.75) is 0 Å². The summed E-state index contributed by atoms with van der Waals surface area (Å²) in [7, 11) is 0. The first kappa shape index (κ1) is 17.6. The number of halogens is 1. The quantitative estimate of drug-likeness (QED) is 0.381. The van der Waals surface area contributed by atoms with Gasteiger partial charge in [0.1, 0.15) is 11.5 Å². The molecule has 0 aliphatic rings. The highest BCUT2D eigenvalue weighted by atomic mass is 79.9. The second-order valence-corrected chi connectivity index (χ2v) is 6.04. The number of amides is 1. The average Bonchev–Trinajstić information content (AvgIpc) is 3.10. The van der Waals surface area contributed by atoms with Gasteiger partial charge in [0.25, 0.3) is 11.6 Å². The lowest BCUT2D eigenvalue weighted by molar-refractivity contribution is -0.384. The first-order valence-electron chi connectivity index (χ1n) is 7.47. The van der Waals surface area contributed by atoms with Crippen LogP contribution in [-0.4, -0.2) is 17.0 Å². The van der Waals surface area contributed by atoms with E-state index in [-0.39, 0.29) is 11.6 Å². The molecule has 0 atom stereocenters. The predicted molar refractivity (Wildman–Crippen MR) is 100 cm³/mol. The van der Waals surface area contributed by atoms with Crippen LogP contribution in [0.5, 0.6) is 0 Å². The van der Waals surface area contributed by atoms with E-state index in [2.05, 4.69) is 26.5 Å². The molecule has 3 rings (SSSR count). The number of nitro groups is 1. The molecule has 0 saturated heterocycles. The van der Waals surface area contributed by atoms with Crippen molar-refractivity contribution in [3.8, 4) is 11.3 Å². The number of carbonyl (C=O) groups excluding carboxylic acids is 1. The zero-order chi connectivity index (χ0) is 18.5. The molecule has 0 spiro atoms. The summed E-state index contributed by atoms with van der Waals surface area (Å²) >= 11 is 3.30. The molecule has 8 heteroatoms. The van der Waals surface area contributed by atoms with Crippen LogP contribution in [-0.2, 0) is 0 Å². The Balaban J connectivity index is 1.70. The lowest BCUT2D eigenvalue weighted by atomic mass is 10.1. The Bertz CT molecular complexity index is 983. The zero-order valence-corrected chi connectivity index (χ0v) is 14.8. The average molecular weight is 414 g/mol. The topological polar surface area (TPSA) is 97.7 Å². The molecular formula is C18H12BrN3O4. The standard InChI is InChI=1S/C18H12BrN3O4/c19-16-10-13(22(24)25)6-8-15(16)17-9-7-14(26-17)11-20-21-18(23)12-4-2-1-3-5-12/h1-11H,(H,21,23)/b20-11-. The summed E-state index contributed by atoms with van der Waals surface area (Å²) in [6.07, 6.45) is 1.38. The summed E-state index contributed by atoms with van der Waals surface area (Å²) in [4.78, 5) is 22.2. The van der Waals surface area contributed by atoms with Gasteiger partial charge < -0.3 is 4.42 Å². The van der Waals surface area contributed by atoms with Crippen molar-refractivity contribution in [1.29, 1.82) is 0 Å². The molecule has 7 nitrogen and oxygen atoms in total. The molecular weight excluding hydrogens is 402 g/mol. The lowest BCUT2D eigenvalue weighted by Gasteiger charge is -2.01. The van der Waals surface area contributed by atoms with Gasteiger partial charge in [0.15, 0.2) is 0 Å². The number of benzene rings is 2. The number of hydrazone groups is 1. The predicted octanol–water partition coefficient (Wildman–Crippen LogP) is 4.38. The third-order valence-electron chi connectivity index (χ3n) is 3.45. The van der Waals surface area contributed by atoms with E-state index in [1.165, 1.54) is 18.3 Å². The van der Waals surface area contributed by atoms with Crippen molar-refractivity contribution < 1.29 is 14.1 Å². The van der Waals surface area contributed by atoms with Gasteiger partial charge >= 0.3 is 0 Å². The van der Waals surface area contributed by atoms with Gasteiger partial charge in [0.05, 0.1) is 11.1 Å². The maximum atomic E-state index is 11.9. The van der Waals surface area contributed by atoms with Crippen molar-refractivity contribution >= 4 is 33.7 Å². The number of nitrogens with one attached hydrogen (secondary N) is 1. The maximum Gasteiger partial charge on any atom is 0.271 e. The Morgan fingerprint density at radius 1 is 1.15 bits per heavy atom. The fourth-order valence-electron chi connectivity index (χ4n) is 2.19. The molecule has 0 radical (unpaired) electrons. The van der Waals surface area contributed by atoms with Gasteiger partial charge in [-0.1, -0.05) is 18.2 Å². The molecule has 1 aromatic heterocycles. The van der Waals surface area contributed by atoms with Crippen LogP contribution in [0.2, 0.25) is 0 Å². The zero-order valence-electron chi connectivity index (χ0n) is 13.3. The Kier molecular flexibility index (Phi) is 5.23. The summed E-state index contributed by atoms with van der Waals surface area (Å²) < 4.78 is 6.18. The smallest absolute Gasteiger partial charge is 0.271 e. The molecule has 0 unspecified atom stereocenters. The fraction of sp³-hybridized carbons (Fsp3) is 0. The van der Waals surface area contributed by atoms with Crippen molar-refractivity contribution in [1.82, 2.24) is 5.43 Å². The Morgan fingerprint density at radius 3 is 2.62 bits per heavy atom. The van der Waals surface area contributed by atoms with Gasteiger partial charge in [-0.15, -0.1) is 0 Å². The largest absolute Gasteiger partial charge is 0.455 e. The van der Waals surface area contributed by atoms with E-state index in [4.69, 9.17) is 4.42 Å². The minimum Gasteiger partial charge on any atom is -0.455 e. The second-order valence-electron chi connectivity index (χ2n) is 5.19. The summed E-state index contributed by atoms with van der Waals surface area (Å²) in [6, 6.07) is 16.5. The molecule has 0 aliphatic heterocycles. The molecule has 26 heavy (non-hydrogen) atoms. The highest BCUT2D eigenvalue weighted by Gasteiger charge is 2.13. The molecule has 0 bridgehead atoms. The summed E-state index contributed by atoms with van der Waals surface area (Å²) in [5.41, 5.74) is 3.57. The van der Waals surface area contributed by atoms with Gasteiger partial charge in [-0.05, 0) is 46.3 Å². The molecule has 1 amide bonds. The number of rotatable bonds is 5. The van der Waals surface area contributed by atoms with Gasteiger partial charge in [0, 0.05) is 27.7 Å². The number of nitro benzene ring substituents is 1. The van der Waals surface area contributed by atoms with E-state index < -0.39 is 4.92 Å². The Morgan fingerprint density at radius 2 is 1.92 bits per heavy atom. The van der Waals surface area contributed by atoms with Crippen molar-refractivity contribution in [3.05, 3.63) is 86.6 Å². The molecule has 1 heterocycles. The normalized spacial score (nSPS) is 10.8. The number of carbonyl (C=O) groups is 1. The molecule has 0 aliphatic carbocycles. The lowest BCUT2D eigenvalue weighted by Crippen LogP contribution is -2.17. The molecule has 130 valence electrons. The molecule has 0 saturated carbocycles. The SMILES string of the molecule is O=C(N/N=C\c1ccc(-c2ccc([N+](=O)[O-])cc2Br)o1)c1ccccc1. The van der Waals surface area contributed by atoms with E-state index >= 15 is 0 Å². The first-order chi connectivity index (χ1) is 12.5. The Hall–Kier alpha value is -3.26. The van der Waals surface area contributed by atoms with Gasteiger partial charge in [-0.3, -0.25) is 14.9 Å². The highest BCUT2D eigenvalue weighted by Crippen LogP contribution is 2.32. The summed E-state index contributed by atoms with van der Waals surface area (Å²) in [5, 5.41) is 14.7. The monoisotopic (exact) mass is 413 g/mol. The minimum absolute atomic E-state index is 0.0161. The third-order valence-corrected chi connectivity index (χ3v) is 4.11. The maximum absolute atomic E-state index is 11.9. The van der Waals surface area contributed by atoms with Crippen LogP contribution < -0.4 is 5.43 Å². The van der Waals surface area contributed by atoms with Gasteiger partial charge in [0.2, 0.25) is 0 Å². The number of nitrogens with zero attached hydrogens (tertiary/aromatic N) is 2. The Labute approximate surface area is 156 Å². The molecule has 2 aromatic carbocycles. The van der Waals surface area contributed by atoms with Crippen LogP contribution in [0.4, 0.5) is 5.69 Å². The minimum atomic E-state index is -0.468. The van der Waals surface area contributed by atoms with Crippen LogP contribution in [0.15, 0.2) is 74.7 Å². The van der Waals surface area contributed by atoms with E-state index in [9.17, 15) is 14.9 Å². The molecule has 3 aromatic rings. The number of furan rings is 1. The van der Waals surface area contributed by atoms with Crippen LogP contribution in [0.3, 0.4) is 0 Å². The van der Waals surface area contributed by atoms with Crippen molar-refractivity contribution in [3.63, 3.8) is 0 Å². The van der Waals surface area contributed by atoms with Crippen LogP contribution in [0.1, 0.15) is 16.1 Å². The van der Waals surface area contributed by atoms with Crippen LogP contribution >= 0.6 is 15.9 Å². The van der Waals surface area contributed by atoms with E-state index in [0.717, 1.165) is 0 Å². The van der Waals surface area contributed by atoms with Crippen LogP contribution in [0.25, 0.3) is 11.3 Å². The molecule has 1 N–H and O–H groups in total. The van der Waals surface area contributed by atoms with Gasteiger partial charge in [-0.25, -0.2) is 5.43 Å². The number of hydrogen-bond donors (Lipinski definition) is 1. The van der Waals surface area contributed by atoms with Crippen molar-refractivity contribution in [2.75, 3.05) is 0 Å². The first-order valence-corrected chi connectivity index (χ1v) is 8.26. The molecule has 0 fully saturated rings. The van der Waals surface area contributed by atoms with Crippen LogP contribution in [0, 0.1) is 10.1 Å². The summed E-state index contributed by atoms with van der Waals surface area (Å²) in [6.45, 7) is 0. The highest BCUT2D eigenvalue weighted by molar-refractivity contribution is 9.10. The summed E-state index contributed by atoms with van der Waals surface area (Å²) in [5.74, 6) is 0.618. The van der Waals surface area contributed by atoms with E-state index in [1.807, 2.05) is 6.07 Å².